The summed E-state index contributed by atoms with van der Waals surface area (Å²) in [5.74, 6) is 0.883. The second-order valence-corrected chi connectivity index (χ2v) is 8.11. The highest BCUT2D eigenvalue weighted by Gasteiger charge is 2.31. The van der Waals surface area contributed by atoms with Gasteiger partial charge in [0.15, 0.2) is 5.75 Å². The van der Waals surface area contributed by atoms with Crippen LogP contribution in [0.3, 0.4) is 0 Å². The summed E-state index contributed by atoms with van der Waals surface area (Å²) in [5.41, 5.74) is 3.98. The van der Waals surface area contributed by atoms with Gasteiger partial charge in [0.1, 0.15) is 6.61 Å². The van der Waals surface area contributed by atoms with Crippen LogP contribution in [-0.2, 0) is 4.74 Å². The van der Waals surface area contributed by atoms with Crippen molar-refractivity contribution in [2.24, 2.45) is 0 Å². The van der Waals surface area contributed by atoms with Gasteiger partial charge < -0.3 is 24.6 Å². The van der Waals surface area contributed by atoms with Gasteiger partial charge in [-0.05, 0) is 57.9 Å². The van der Waals surface area contributed by atoms with Crippen molar-refractivity contribution < 1.29 is 14.3 Å². The lowest BCUT2D eigenvalue weighted by molar-refractivity contribution is 0.0687. The molecule has 1 fully saturated rings. The van der Waals surface area contributed by atoms with Gasteiger partial charge >= 0.3 is 6.09 Å². The van der Waals surface area contributed by atoms with Gasteiger partial charge in [-0.1, -0.05) is 6.07 Å². The van der Waals surface area contributed by atoms with E-state index < -0.39 is 0 Å². The molecule has 1 aromatic carbocycles. The van der Waals surface area contributed by atoms with Crippen LogP contribution in [0.2, 0.25) is 0 Å². The highest BCUT2D eigenvalue weighted by Crippen LogP contribution is 2.41. The third kappa shape index (κ3) is 4.30. The molecule has 0 radical (unpaired) electrons. The minimum atomic E-state index is -0.204. The van der Waals surface area contributed by atoms with Crippen molar-refractivity contribution in [1.82, 2.24) is 9.88 Å². The number of nitrogens with zero attached hydrogens (tertiary/aromatic N) is 3. The van der Waals surface area contributed by atoms with Crippen molar-refractivity contribution >= 4 is 23.2 Å². The number of aromatic nitrogens is 1. The molecule has 0 unspecified atom stereocenters. The second-order valence-electron chi connectivity index (χ2n) is 8.11. The van der Waals surface area contributed by atoms with Crippen LogP contribution in [0, 0.1) is 6.92 Å². The number of carbonyl (C=O) groups is 1. The molecule has 0 atom stereocenters. The van der Waals surface area contributed by atoms with Crippen LogP contribution in [-0.4, -0.2) is 54.4 Å². The molecule has 1 amide bonds. The Balaban J connectivity index is 1.48. The minimum absolute atomic E-state index is 0.0873. The lowest BCUT2D eigenvalue weighted by Crippen LogP contribution is -2.49. The molecule has 1 aromatic heterocycles. The monoisotopic (exact) mass is 410 g/mol. The summed E-state index contributed by atoms with van der Waals surface area (Å²) in [6.07, 6.45) is 3.35. The molecule has 2 aliphatic heterocycles. The first-order valence-electron chi connectivity index (χ1n) is 10.7. The van der Waals surface area contributed by atoms with Crippen LogP contribution in [0.15, 0.2) is 36.5 Å². The summed E-state index contributed by atoms with van der Waals surface area (Å²) in [6.45, 7) is 8.69. The fourth-order valence-electron chi connectivity index (χ4n) is 4.14. The summed E-state index contributed by atoms with van der Waals surface area (Å²) < 4.78 is 11.4. The molecule has 2 aromatic rings. The van der Waals surface area contributed by atoms with E-state index in [1.807, 2.05) is 43.9 Å². The van der Waals surface area contributed by atoms with E-state index in [0.29, 0.717) is 12.6 Å². The average molecular weight is 411 g/mol. The van der Waals surface area contributed by atoms with Crippen molar-refractivity contribution in [2.45, 2.75) is 45.8 Å². The second kappa shape index (κ2) is 8.81. The topological polar surface area (TPSA) is 66.9 Å². The SMILES string of the molecule is Cc1ncccc1Nc1cccc2c1OCCN2C1CCN(C(=O)OC(C)C)CC1. The zero-order valence-corrected chi connectivity index (χ0v) is 17.9. The summed E-state index contributed by atoms with van der Waals surface area (Å²) >= 11 is 0. The number of amides is 1. The molecule has 0 aliphatic carbocycles. The number of pyridine rings is 1. The Morgan fingerprint density at radius 1 is 1.17 bits per heavy atom. The molecule has 1 N–H and O–H groups in total. The van der Waals surface area contributed by atoms with Crippen LogP contribution >= 0.6 is 0 Å². The van der Waals surface area contributed by atoms with Gasteiger partial charge in [-0.2, -0.15) is 0 Å². The van der Waals surface area contributed by atoms with E-state index in [-0.39, 0.29) is 12.2 Å². The highest BCUT2D eigenvalue weighted by atomic mass is 16.6. The standard InChI is InChI=1S/C23H30N4O3/c1-16(2)30-23(28)26-12-9-18(10-13-26)27-14-15-29-22-20(6-4-8-21(22)27)25-19-7-5-11-24-17(19)3/h4-8,11,16,18,25H,9-10,12-15H2,1-3H3. The van der Waals surface area contributed by atoms with Crippen LogP contribution in [0.4, 0.5) is 21.9 Å². The lowest BCUT2D eigenvalue weighted by atomic mass is 10.0. The molecule has 0 saturated carbocycles. The molecule has 30 heavy (non-hydrogen) atoms. The first-order valence-corrected chi connectivity index (χ1v) is 10.7. The zero-order chi connectivity index (χ0) is 21.1. The minimum Gasteiger partial charge on any atom is -0.487 e. The summed E-state index contributed by atoms with van der Waals surface area (Å²) in [6, 6.07) is 10.5. The first-order chi connectivity index (χ1) is 14.5. The van der Waals surface area contributed by atoms with Crippen molar-refractivity contribution in [2.75, 3.05) is 36.5 Å². The number of fused-ring (bicyclic) bond motifs is 1. The number of piperidine rings is 1. The van der Waals surface area contributed by atoms with E-state index in [0.717, 1.165) is 61.0 Å². The molecule has 160 valence electrons. The smallest absolute Gasteiger partial charge is 0.410 e. The van der Waals surface area contributed by atoms with Crippen molar-refractivity contribution in [3.63, 3.8) is 0 Å². The van der Waals surface area contributed by atoms with Gasteiger partial charge in [0.2, 0.25) is 0 Å². The third-order valence-corrected chi connectivity index (χ3v) is 5.66. The molecular formula is C23H30N4O3. The largest absolute Gasteiger partial charge is 0.487 e. The number of aryl methyl sites for hydroxylation is 1. The molecule has 7 heteroatoms. The number of likely N-dealkylation sites (tertiary alicyclic amines) is 1. The Bertz CT molecular complexity index is 894. The number of hydrogen-bond acceptors (Lipinski definition) is 6. The van der Waals surface area contributed by atoms with Crippen LogP contribution in [0.1, 0.15) is 32.4 Å². The van der Waals surface area contributed by atoms with Gasteiger partial charge in [0, 0.05) is 25.3 Å². The van der Waals surface area contributed by atoms with Crippen LogP contribution < -0.4 is 15.0 Å². The Morgan fingerprint density at radius 2 is 1.93 bits per heavy atom. The average Bonchev–Trinajstić information content (AvgIpc) is 2.75. The zero-order valence-electron chi connectivity index (χ0n) is 17.9. The predicted molar refractivity (Wildman–Crippen MR) is 118 cm³/mol. The Kier molecular flexibility index (Phi) is 5.97. The number of ether oxygens (including phenoxy) is 2. The maximum absolute atomic E-state index is 12.2. The number of hydrogen-bond donors (Lipinski definition) is 1. The molecule has 0 bridgehead atoms. The van der Waals surface area contributed by atoms with Gasteiger partial charge in [0.05, 0.1) is 35.4 Å². The Labute approximate surface area is 178 Å². The Hall–Kier alpha value is -2.96. The van der Waals surface area contributed by atoms with Crippen LogP contribution in [0.25, 0.3) is 0 Å². The Morgan fingerprint density at radius 3 is 2.67 bits per heavy atom. The van der Waals surface area contributed by atoms with Crippen LogP contribution in [0.5, 0.6) is 5.75 Å². The molecule has 2 aliphatic rings. The predicted octanol–water partition coefficient (Wildman–Crippen LogP) is 4.34. The third-order valence-electron chi connectivity index (χ3n) is 5.66. The maximum atomic E-state index is 12.2. The van der Waals surface area contributed by atoms with Crippen molar-refractivity contribution in [3.05, 3.63) is 42.2 Å². The fraction of sp³-hybridized carbons (Fsp3) is 0.478. The fourth-order valence-corrected chi connectivity index (χ4v) is 4.14. The van der Waals surface area contributed by atoms with E-state index in [1.54, 1.807) is 6.20 Å². The highest BCUT2D eigenvalue weighted by molar-refractivity contribution is 5.77. The lowest BCUT2D eigenvalue weighted by Gasteiger charge is -2.42. The molecule has 1 saturated heterocycles. The number of benzene rings is 1. The summed E-state index contributed by atoms with van der Waals surface area (Å²) in [4.78, 5) is 20.8. The van der Waals surface area contributed by atoms with Gasteiger partial charge in [-0.3, -0.25) is 4.98 Å². The number of para-hydroxylation sites is 1. The quantitative estimate of drug-likeness (QED) is 0.809. The number of anilines is 3. The van der Waals surface area contributed by atoms with E-state index in [9.17, 15) is 4.79 Å². The number of nitrogens with one attached hydrogen (secondary N) is 1. The van der Waals surface area contributed by atoms with Crippen molar-refractivity contribution in [3.8, 4) is 5.75 Å². The van der Waals surface area contributed by atoms with E-state index in [4.69, 9.17) is 9.47 Å². The summed E-state index contributed by atoms with van der Waals surface area (Å²) in [5, 5.41) is 3.48. The van der Waals surface area contributed by atoms with E-state index in [2.05, 4.69) is 27.3 Å². The first kappa shape index (κ1) is 20.3. The number of carbonyl (C=O) groups excluding carboxylic acids is 1. The van der Waals surface area contributed by atoms with Gasteiger partial charge in [-0.25, -0.2) is 4.79 Å². The van der Waals surface area contributed by atoms with E-state index >= 15 is 0 Å². The summed E-state index contributed by atoms with van der Waals surface area (Å²) in [7, 11) is 0. The normalized spacial score (nSPS) is 16.8. The van der Waals surface area contributed by atoms with Gasteiger partial charge in [0.25, 0.3) is 0 Å². The molecular weight excluding hydrogens is 380 g/mol. The van der Waals surface area contributed by atoms with Crippen molar-refractivity contribution in [1.29, 1.82) is 0 Å². The van der Waals surface area contributed by atoms with Gasteiger partial charge in [-0.15, -0.1) is 0 Å². The maximum Gasteiger partial charge on any atom is 0.410 e. The molecule has 3 heterocycles. The van der Waals surface area contributed by atoms with E-state index in [1.165, 1.54) is 0 Å². The number of rotatable bonds is 4. The molecule has 7 nitrogen and oxygen atoms in total. The molecule has 4 rings (SSSR count). The molecule has 0 spiro atoms.